The number of amides is 4. The van der Waals surface area contributed by atoms with Gasteiger partial charge in [-0.1, -0.05) is 50.2 Å². The molecule has 2 N–H and O–H groups in total. The molecular formula is C22H26N4O3. The van der Waals surface area contributed by atoms with Gasteiger partial charge in [0.15, 0.2) is 5.54 Å². The van der Waals surface area contributed by atoms with Crippen molar-refractivity contribution < 1.29 is 14.4 Å². The first-order chi connectivity index (χ1) is 13.8. The summed E-state index contributed by atoms with van der Waals surface area (Å²) in [5.74, 6) is -0.505. The molecule has 3 rings (SSSR count). The van der Waals surface area contributed by atoms with Gasteiger partial charge >= 0.3 is 6.03 Å². The molecule has 152 valence electrons. The summed E-state index contributed by atoms with van der Waals surface area (Å²) in [6.45, 7) is 5.42. The maximum atomic E-state index is 12.9. The van der Waals surface area contributed by atoms with E-state index in [0.29, 0.717) is 11.6 Å². The van der Waals surface area contributed by atoms with E-state index in [9.17, 15) is 14.4 Å². The Morgan fingerprint density at radius 1 is 1.14 bits per heavy atom. The van der Waals surface area contributed by atoms with Gasteiger partial charge in [-0.15, -0.1) is 0 Å². The third-order valence-electron chi connectivity index (χ3n) is 5.00. The van der Waals surface area contributed by atoms with Gasteiger partial charge in [0, 0.05) is 6.20 Å². The maximum absolute atomic E-state index is 12.9. The molecule has 1 aliphatic rings. The molecule has 2 atom stereocenters. The number of benzene rings is 1. The second kappa shape index (κ2) is 8.43. The van der Waals surface area contributed by atoms with Crippen LogP contribution in [-0.4, -0.2) is 34.3 Å². The molecule has 0 radical (unpaired) electrons. The van der Waals surface area contributed by atoms with Crippen molar-refractivity contribution in [3.8, 4) is 0 Å². The Morgan fingerprint density at radius 3 is 2.45 bits per heavy atom. The largest absolute Gasteiger partial charge is 0.348 e. The molecule has 0 saturated carbocycles. The number of nitrogens with one attached hydrogen (secondary N) is 2. The maximum Gasteiger partial charge on any atom is 0.325 e. The molecule has 7 heteroatoms. The standard InChI is InChI=1S/C22H26N4O3/c1-15(2)13-17(16-9-5-4-6-10-16)24-19(27)14-26-20(28)22(3,25-21(26)29)18-11-7-8-12-23-18/h4-12,15,17H,13-14H2,1-3H3,(H,24,27)(H,25,29). The van der Waals surface area contributed by atoms with Gasteiger partial charge in [0.2, 0.25) is 5.91 Å². The molecular weight excluding hydrogens is 368 g/mol. The highest BCUT2D eigenvalue weighted by molar-refractivity contribution is 6.08. The van der Waals surface area contributed by atoms with Gasteiger partial charge < -0.3 is 10.6 Å². The van der Waals surface area contributed by atoms with Crippen LogP contribution in [0, 0.1) is 5.92 Å². The third kappa shape index (κ3) is 4.45. The smallest absolute Gasteiger partial charge is 0.325 e. The predicted octanol–water partition coefficient (Wildman–Crippen LogP) is 2.75. The molecule has 0 bridgehead atoms. The fourth-order valence-electron chi connectivity index (χ4n) is 3.49. The monoisotopic (exact) mass is 394 g/mol. The summed E-state index contributed by atoms with van der Waals surface area (Å²) in [6.07, 6.45) is 2.31. The molecule has 1 aliphatic heterocycles. The molecule has 1 fully saturated rings. The van der Waals surface area contributed by atoms with Crippen LogP contribution >= 0.6 is 0 Å². The predicted molar refractivity (Wildman–Crippen MR) is 109 cm³/mol. The number of hydrogen-bond donors (Lipinski definition) is 2. The topological polar surface area (TPSA) is 91.4 Å². The summed E-state index contributed by atoms with van der Waals surface area (Å²) in [4.78, 5) is 43.2. The Morgan fingerprint density at radius 2 is 1.83 bits per heavy atom. The molecule has 1 aromatic carbocycles. The first-order valence-corrected chi connectivity index (χ1v) is 9.71. The van der Waals surface area contributed by atoms with Crippen LogP contribution in [0.2, 0.25) is 0 Å². The van der Waals surface area contributed by atoms with Crippen LogP contribution in [0.3, 0.4) is 0 Å². The first kappa shape index (κ1) is 20.5. The highest BCUT2D eigenvalue weighted by atomic mass is 16.2. The lowest BCUT2D eigenvalue weighted by molar-refractivity contribution is -0.135. The van der Waals surface area contributed by atoms with Crippen LogP contribution in [0.15, 0.2) is 54.7 Å². The Hall–Kier alpha value is -3.22. The number of rotatable bonds is 7. The average molecular weight is 394 g/mol. The minimum absolute atomic E-state index is 0.188. The summed E-state index contributed by atoms with van der Waals surface area (Å²) in [7, 11) is 0. The van der Waals surface area contributed by atoms with Gasteiger partial charge in [0.25, 0.3) is 5.91 Å². The third-order valence-corrected chi connectivity index (χ3v) is 5.00. The number of carbonyl (C=O) groups excluding carboxylic acids is 3. The van der Waals surface area contributed by atoms with Crippen molar-refractivity contribution in [1.82, 2.24) is 20.5 Å². The summed E-state index contributed by atoms with van der Waals surface area (Å²) in [6, 6.07) is 14.0. The molecule has 2 heterocycles. The Bertz CT molecular complexity index is 885. The van der Waals surface area contributed by atoms with Crippen LogP contribution in [0.5, 0.6) is 0 Å². The molecule has 0 aliphatic carbocycles. The van der Waals surface area contributed by atoms with Crippen LogP contribution < -0.4 is 10.6 Å². The van der Waals surface area contributed by atoms with Crippen LogP contribution in [0.25, 0.3) is 0 Å². The van der Waals surface area contributed by atoms with E-state index in [1.807, 2.05) is 30.3 Å². The normalized spacial score (nSPS) is 19.9. The molecule has 2 unspecified atom stereocenters. The molecule has 1 saturated heterocycles. The van der Waals surface area contributed by atoms with Gasteiger partial charge in [0.05, 0.1) is 11.7 Å². The highest BCUT2D eigenvalue weighted by Crippen LogP contribution is 2.27. The van der Waals surface area contributed by atoms with E-state index in [0.717, 1.165) is 16.9 Å². The fourth-order valence-corrected chi connectivity index (χ4v) is 3.49. The SMILES string of the molecule is CC(C)CC(NC(=O)CN1C(=O)NC(C)(c2ccccn2)C1=O)c1ccccc1. The minimum Gasteiger partial charge on any atom is -0.348 e. The Labute approximate surface area is 170 Å². The van der Waals surface area contributed by atoms with E-state index in [2.05, 4.69) is 29.5 Å². The number of aromatic nitrogens is 1. The quantitative estimate of drug-likeness (QED) is 0.707. The minimum atomic E-state index is -1.28. The van der Waals surface area contributed by atoms with Gasteiger partial charge in [-0.25, -0.2) is 4.79 Å². The van der Waals surface area contributed by atoms with Crippen molar-refractivity contribution in [3.05, 3.63) is 66.0 Å². The van der Waals surface area contributed by atoms with E-state index >= 15 is 0 Å². The summed E-state index contributed by atoms with van der Waals surface area (Å²) in [5, 5.41) is 5.64. The lowest BCUT2D eigenvalue weighted by Gasteiger charge is -2.23. The van der Waals surface area contributed by atoms with Gasteiger partial charge in [-0.05, 0) is 37.0 Å². The second-order valence-corrected chi connectivity index (χ2v) is 7.82. The first-order valence-electron chi connectivity index (χ1n) is 9.71. The fraction of sp³-hybridized carbons (Fsp3) is 0.364. The van der Waals surface area contributed by atoms with Crippen molar-refractivity contribution in [2.75, 3.05) is 6.54 Å². The van der Waals surface area contributed by atoms with Crippen LogP contribution in [0.1, 0.15) is 44.5 Å². The van der Waals surface area contributed by atoms with Crippen molar-refractivity contribution in [2.45, 2.75) is 38.8 Å². The van der Waals surface area contributed by atoms with E-state index < -0.39 is 17.5 Å². The zero-order valence-corrected chi connectivity index (χ0v) is 16.9. The molecule has 4 amide bonds. The molecule has 29 heavy (non-hydrogen) atoms. The number of nitrogens with zero attached hydrogens (tertiary/aromatic N) is 2. The zero-order valence-electron chi connectivity index (χ0n) is 16.9. The van der Waals surface area contributed by atoms with Crippen molar-refractivity contribution in [1.29, 1.82) is 0 Å². The second-order valence-electron chi connectivity index (χ2n) is 7.82. The lowest BCUT2D eigenvalue weighted by atomic mass is 9.96. The van der Waals surface area contributed by atoms with E-state index in [1.165, 1.54) is 0 Å². The lowest BCUT2D eigenvalue weighted by Crippen LogP contribution is -2.44. The van der Waals surface area contributed by atoms with E-state index in [-0.39, 0.29) is 18.5 Å². The molecule has 1 aromatic heterocycles. The van der Waals surface area contributed by atoms with Crippen LogP contribution in [0.4, 0.5) is 4.79 Å². The molecule has 7 nitrogen and oxygen atoms in total. The summed E-state index contributed by atoms with van der Waals surface area (Å²) >= 11 is 0. The van der Waals surface area contributed by atoms with Crippen LogP contribution in [-0.2, 0) is 15.1 Å². The Balaban J connectivity index is 1.72. The van der Waals surface area contributed by atoms with Gasteiger partial charge in [0.1, 0.15) is 6.54 Å². The van der Waals surface area contributed by atoms with Crippen molar-refractivity contribution in [3.63, 3.8) is 0 Å². The summed E-state index contributed by atoms with van der Waals surface area (Å²) < 4.78 is 0. The van der Waals surface area contributed by atoms with E-state index in [1.54, 1.807) is 31.3 Å². The van der Waals surface area contributed by atoms with Gasteiger partial charge in [-0.3, -0.25) is 19.5 Å². The number of hydrogen-bond acceptors (Lipinski definition) is 4. The average Bonchev–Trinajstić information content (AvgIpc) is 2.92. The van der Waals surface area contributed by atoms with Crippen molar-refractivity contribution in [2.24, 2.45) is 5.92 Å². The van der Waals surface area contributed by atoms with Gasteiger partial charge in [-0.2, -0.15) is 0 Å². The van der Waals surface area contributed by atoms with Crippen molar-refractivity contribution >= 4 is 17.8 Å². The summed E-state index contributed by atoms with van der Waals surface area (Å²) in [5.41, 5.74) is 0.142. The highest BCUT2D eigenvalue weighted by Gasteiger charge is 2.50. The molecule has 2 aromatic rings. The number of carbonyl (C=O) groups is 3. The zero-order chi connectivity index (χ0) is 21.0. The number of urea groups is 1. The number of imide groups is 1. The molecule has 0 spiro atoms. The Kier molecular flexibility index (Phi) is 5.96. The number of pyridine rings is 1. The van der Waals surface area contributed by atoms with E-state index in [4.69, 9.17) is 0 Å².